The van der Waals surface area contributed by atoms with Crippen molar-refractivity contribution in [3.8, 4) is 0 Å². The Hall–Kier alpha value is 0.542. The Balaban J connectivity index is 0. The molecule has 0 spiro atoms. The zero-order valence-electron chi connectivity index (χ0n) is 5.80. The molecule has 0 aromatic rings. The summed E-state index contributed by atoms with van der Waals surface area (Å²) in [5.74, 6) is 0. The first kappa shape index (κ1) is 11.4. The van der Waals surface area contributed by atoms with Crippen LogP contribution in [0.15, 0.2) is 0 Å². The van der Waals surface area contributed by atoms with E-state index in [0.29, 0.717) is 0 Å². The summed E-state index contributed by atoms with van der Waals surface area (Å²) < 4.78 is 13.8. The molecule has 0 heterocycles. The van der Waals surface area contributed by atoms with Crippen LogP contribution < -0.4 is 18.9 Å². The van der Waals surface area contributed by atoms with Gasteiger partial charge in [0.25, 0.3) is 0 Å². The molecule has 0 atom stereocenters. The van der Waals surface area contributed by atoms with Crippen molar-refractivity contribution >= 4 is 7.32 Å². The van der Waals surface area contributed by atoms with Gasteiger partial charge in [-0.1, -0.05) is 0 Å². The Bertz CT molecular complexity index is 36.0. The van der Waals surface area contributed by atoms with Crippen molar-refractivity contribution in [3.63, 3.8) is 0 Å². The normalized spacial score (nSPS) is 9.00. The van der Waals surface area contributed by atoms with Crippen molar-refractivity contribution in [1.29, 1.82) is 0 Å². The van der Waals surface area contributed by atoms with E-state index >= 15 is 0 Å². The Morgan fingerprint density at radius 2 is 1.12 bits per heavy atom. The maximum Gasteiger partial charge on any atom is 1.00 e. The molecule has 0 saturated carbocycles. The molecule has 0 aromatic heterocycles. The fourth-order valence-electron chi connectivity index (χ4n) is 0.289. The van der Waals surface area contributed by atoms with Crippen molar-refractivity contribution < 1.29 is 32.8 Å². The van der Waals surface area contributed by atoms with Gasteiger partial charge in [-0.15, -0.1) is 0 Å². The summed E-state index contributed by atoms with van der Waals surface area (Å²) in [4.78, 5) is 0. The zero-order chi connectivity index (χ0) is 5.70. The van der Waals surface area contributed by atoms with Crippen LogP contribution in [-0.2, 0) is 14.0 Å². The molecule has 43 valence electrons. The quantitative estimate of drug-likeness (QED) is 0.361. The molecule has 0 aromatic carbocycles. The Morgan fingerprint density at radius 1 is 0.875 bits per heavy atom. The zero-order valence-corrected chi connectivity index (χ0v) is 5.80. The van der Waals surface area contributed by atoms with E-state index in [1.165, 1.54) is 21.3 Å². The molecule has 0 rings (SSSR count). The van der Waals surface area contributed by atoms with Gasteiger partial charge in [-0.3, -0.25) is 0 Å². The molecule has 0 N–H and O–H groups in total. The van der Waals surface area contributed by atoms with Crippen LogP contribution in [0.25, 0.3) is 0 Å². The minimum Gasteiger partial charge on any atom is -0.569 e. The molecule has 1 radical (unpaired) electrons. The molecule has 0 aliphatic carbocycles. The first-order valence-electron chi connectivity index (χ1n) is 1.93. The van der Waals surface area contributed by atoms with Gasteiger partial charge < -0.3 is 14.0 Å². The molecule has 0 aliphatic heterocycles. The van der Waals surface area contributed by atoms with Crippen LogP contribution in [0.3, 0.4) is 0 Å². The third-order valence-corrected chi connectivity index (χ3v) is 0.577. The summed E-state index contributed by atoms with van der Waals surface area (Å²) in [6.07, 6.45) is 0. The van der Waals surface area contributed by atoms with E-state index < -0.39 is 7.32 Å². The topological polar surface area (TPSA) is 27.7 Å². The summed E-state index contributed by atoms with van der Waals surface area (Å²) in [5, 5.41) is 0. The number of rotatable bonds is 3. The maximum absolute atomic E-state index is 4.60. The van der Waals surface area contributed by atoms with Gasteiger partial charge in [0, 0.05) is 0 Å². The van der Waals surface area contributed by atoms with Crippen LogP contribution in [-0.4, -0.2) is 28.7 Å². The van der Waals surface area contributed by atoms with Crippen molar-refractivity contribution in [2.24, 2.45) is 0 Å². The predicted molar refractivity (Wildman–Crippen MR) is 26.8 cm³/mol. The molecule has 0 aliphatic rings. The second-order valence-corrected chi connectivity index (χ2v) is 0.996. The fraction of sp³-hybridized carbons (Fsp3) is 1.00. The van der Waals surface area contributed by atoms with Crippen LogP contribution in [0.2, 0.25) is 0 Å². The third-order valence-electron chi connectivity index (χ3n) is 0.577. The van der Waals surface area contributed by atoms with Crippen molar-refractivity contribution in [1.82, 2.24) is 0 Å². The standard InChI is InChI=1S/C3H9BO3.Li/c1-5-4(6-2)7-3;/h1-3H3;/q-1;+1. The van der Waals surface area contributed by atoms with Gasteiger partial charge in [-0.25, -0.2) is 0 Å². The molecule has 0 bridgehead atoms. The first-order chi connectivity index (χ1) is 3.35. The minimum atomic E-state index is -0.514. The Kier molecular flexibility index (Phi) is 10.7. The summed E-state index contributed by atoms with van der Waals surface area (Å²) in [6.45, 7) is 0. The third kappa shape index (κ3) is 4.70. The molecule has 0 fully saturated rings. The van der Waals surface area contributed by atoms with Crippen LogP contribution in [0.4, 0.5) is 0 Å². The van der Waals surface area contributed by atoms with E-state index in [2.05, 4.69) is 14.0 Å². The molecule has 5 heteroatoms. The molecule has 0 unspecified atom stereocenters. The van der Waals surface area contributed by atoms with Crippen molar-refractivity contribution in [2.75, 3.05) is 21.3 Å². The van der Waals surface area contributed by atoms with Crippen LogP contribution in [0, 0.1) is 0 Å². The van der Waals surface area contributed by atoms with Crippen LogP contribution in [0.1, 0.15) is 0 Å². The largest absolute Gasteiger partial charge is 1.00 e. The van der Waals surface area contributed by atoms with Crippen LogP contribution in [0.5, 0.6) is 0 Å². The fourth-order valence-corrected chi connectivity index (χ4v) is 0.289. The average Bonchev–Trinajstić information content (AvgIpc) is 1.72. The van der Waals surface area contributed by atoms with Gasteiger partial charge in [0.2, 0.25) is 0 Å². The Labute approximate surface area is 62.0 Å². The van der Waals surface area contributed by atoms with Gasteiger partial charge in [-0.2, -0.15) is 0 Å². The van der Waals surface area contributed by atoms with E-state index in [9.17, 15) is 0 Å². The van der Waals surface area contributed by atoms with E-state index in [1.807, 2.05) is 0 Å². The molecular weight excluding hydrogens is 102 g/mol. The van der Waals surface area contributed by atoms with Crippen molar-refractivity contribution in [2.45, 2.75) is 0 Å². The van der Waals surface area contributed by atoms with E-state index in [1.54, 1.807) is 0 Å². The summed E-state index contributed by atoms with van der Waals surface area (Å²) in [5.41, 5.74) is 0. The SMILES string of the molecule is CO[B-](OC)OC.[Li+]. The summed E-state index contributed by atoms with van der Waals surface area (Å²) in [7, 11) is 4.02. The first-order valence-corrected chi connectivity index (χ1v) is 1.93. The minimum absolute atomic E-state index is 0. The molecule has 3 nitrogen and oxygen atoms in total. The molecule has 8 heavy (non-hydrogen) atoms. The Morgan fingerprint density at radius 3 is 1.12 bits per heavy atom. The second-order valence-electron chi connectivity index (χ2n) is 0.996. The number of hydrogen-bond donors (Lipinski definition) is 0. The summed E-state index contributed by atoms with van der Waals surface area (Å²) >= 11 is 0. The molecule has 0 saturated heterocycles. The predicted octanol–water partition coefficient (Wildman–Crippen LogP) is -3.09. The van der Waals surface area contributed by atoms with Gasteiger partial charge in [-0.05, 0) is 21.3 Å². The van der Waals surface area contributed by atoms with E-state index in [-0.39, 0.29) is 18.9 Å². The van der Waals surface area contributed by atoms with Crippen LogP contribution >= 0.6 is 0 Å². The van der Waals surface area contributed by atoms with Gasteiger partial charge >= 0.3 is 26.2 Å². The molecule has 0 amide bonds. The van der Waals surface area contributed by atoms with Gasteiger partial charge in [0.05, 0.1) is 0 Å². The van der Waals surface area contributed by atoms with Gasteiger partial charge in [0.15, 0.2) is 0 Å². The number of hydrogen-bond acceptors (Lipinski definition) is 3. The van der Waals surface area contributed by atoms with Crippen molar-refractivity contribution in [3.05, 3.63) is 0 Å². The molecular formula is C3H9BLiO3. The van der Waals surface area contributed by atoms with Gasteiger partial charge in [0.1, 0.15) is 0 Å². The van der Waals surface area contributed by atoms with E-state index in [4.69, 9.17) is 0 Å². The summed E-state index contributed by atoms with van der Waals surface area (Å²) in [6, 6.07) is 0. The monoisotopic (exact) mass is 111 g/mol. The van der Waals surface area contributed by atoms with E-state index in [0.717, 1.165) is 0 Å². The second kappa shape index (κ2) is 7.54. The average molecular weight is 111 g/mol. The smallest absolute Gasteiger partial charge is 0.569 e. The maximum atomic E-state index is 4.60.